The Morgan fingerprint density at radius 1 is 0.609 bits per heavy atom. The van der Waals surface area contributed by atoms with Crippen molar-refractivity contribution >= 4 is 46.5 Å². The summed E-state index contributed by atoms with van der Waals surface area (Å²) < 4.78 is 21.5. The molecule has 0 unspecified atom stereocenters. The minimum absolute atomic E-state index is 0.418. The third-order valence-electron chi connectivity index (χ3n) is 8.60. The number of carbonyl (C=O) groups is 2. The van der Waals surface area contributed by atoms with E-state index in [1.807, 2.05) is 9.80 Å². The predicted octanol–water partition coefficient (Wildman–Crippen LogP) is 1.22. The maximum atomic E-state index is 11.8. The molecule has 2 aliphatic heterocycles. The number of anilines is 4. The Bertz CT molecular complexity index is 1170. The van der Waals surface area contributed by atoms with Gasteiger partial charge in [0.25, 0.3) is 0 Å². The maximum absolute atomic E-state index is 11.8. The van der Waals surface area contributed by atoms with Gasteiger partial charge in [0.2, 0.25) is 11.9 Å². The first-order chi connectivity index (χ1) is 22.3. The lowest BCUT2D eigenvalue weighted by atomic mass is 9.97. The third kappa shape index (κ3) is 8.80. The first-order valence-corrected chi connectivity index (χ1v) is 15.8. The Balaban J connectivity index is 1.91. The Morgan fingerprint density at radius 2 is 0.913 bits per heavy atom. The van der Waals surface area contributed by atoms with E-state index in [0.29, 0.717) is 139 Å². The molecule has 0 radical (unpaired) electrons. The molecule has 2 aromatic heterocycles. The van der Waals surface area contributed by atoms with E-state index in [1.54, 1.807) is 28.4 Å². The van der Waals surface area contributed by atoms with Crippen molar-refractivity contribution in [3.8, 4) is 0 Å². The van der Waals surface area contributed by atoms with Crippen LogP contribution in [0.2, 0.25) is 0 Å². The molecule has 0 aliphatic carbocycles. The van der Waals surface area contributed by atoms with Crippen molar-refractivity contribution < 1.29 is 38.7 Å². The highest BCUT2D eigenvalue weighted by Gasteiger charge is 2.32. The molecular formula is C30H48N8O8. The summed E-state index contributed by atoms with van der Waals surface area (Å²) in [4.78, 5) is 52.0. The number of ether oxygens (including phenoxy) is 4. The number of methoxy groups -OCH3 is 4. The Hall–Kier alpha value is -3.60. The van der Waals surface area contributed by atoms with E-state index < -0.39 is 23.8 Å². The molecule has 0 bridgehead atoms. The molecule has 16 nitrogen and oxygen atoms in total. The summed E-state index contributed by atoms with van der Waals surface area (Å²) in [6, 6.07) is 0. The van der Waals surface area contributed by atoms with Crippen LogP contribution in [0.15, 0.2) is 0 Å². The SMILES string of the molecule is COCCN(CCOC)c1nc(N2CCC(C(=O)O)CC2)c2nc(N(CCOC)CCOC)nc(N3CCC(C(=O)O)CC3)c2n1. The highest BCUT2D eigenvalue weighted by molar-refractivity contribution is 5.95. The molecular weight excluding hydrogens is 600 g/mol. The van der Waals surface area contributed by atoms with Crippen molar-refractivity contribution in [2.75, 3.05) is 127 Å². The summed E-state index contributed by atoms with van der Waals surface area (Å²) in [6.45, 7) is 5.85. The molecule has 256 valence electrons. The number of piperidine rings is 2. The van der Waals surface area contributed by atoms with E-state index in [-0.39, 0.29) is 0 Å². The topological polar surface area (TPSA) is 176 Å². The van der Waals surface area contributed by atoms with Crippen LogP contribution in [0.3, 0.4) is 0 Å². The van der Waals surface area contributed by atoms with Crippen LogP contribution in [-0.2, 0) is 28.5 Å². The standard InChI is InChI=1S/C30H48N8O8/c1-43-17-13-37(14-18-44-2)29-31-23-24(25(33-29)35-9-5-21(6-10-35)27(39)40)32-30(38(15-19-45-3)16-20-46-4)34-26(23)36-11-7-22(8-12-36)28(41)42/h21-22H,5-20H2,1-4H3,(H,39,40)(H,41,42). The quantitative estimate of drug-likeness (QED) is 0.236. The highest BCUT2D eigenvalue weighted by Crippen LogP contribution is 2.36. The minimum atomic E-state index is -0.790. The normalized spacial score (nSPS) is 16.3. The minimum Gasteiger partial charge on any atom is -0.481 e. The van der Waals surface area contributed by atoms with Crippen molar-refractivity contribution in [2.24, 2.45) is 11.8 Å². The van der Waals surface area contributed by atoms with E-state index in [9.17, 15) is 19.8 Å². The van der Waals surface area contributed by atoms with Crippen molar-refractivity contribution in [3.05, 3.63) is 0 Å². The Morgan fingerprint density at radius 3 is 1.17 bits per heavy atom. The van der Waals surface area contributed by atoms with Gasteiger partial charge in [0.15, 0.2) is 11.6 Å². The predicted molar refractivity (Wildman–Crippen MR) is 172 cm³/mol. The molecule has 4 heterocycles. The second-order valence-electron chi connectivity index (χ2n) is 11.5. The lowest BCUT2D eigenvalue weighted by Gasteiger charge is -2.34. The molecule has 0 saturated carbocycles. The van der Waals surface area contributed by atoms with E-state index in [1.165, 1.54) is 0 Å². The monoisotopic (exact) mass is 648 g/mol. The maximum Gasteiger partial charge on any atom is 0.306 e. The lowest BCUT2D eigenvalue weighted by molar-refractivity contribution is -0.143. The molecule has 16 heteroatoms. The van der Waals surface area contributed by atoms with Crippen LogP contribution < -0.4 is 19.6 Å². The number of fused-ring (bicyclic) bond motifs is 1. The molecule has 0 amide bonds. The number of aliphatic carboxylic acids is 2. The van der Waals surface area contributed by atoms with E-state index in [4.69, 9.17) is 38.9 Å². The number of rotatable bonds is 18. The summed E-state index contributed by atoms with van der Waals surface area (Å²) in [5, 5.41) is 19.3. The van der Waals surface area contributed by atoms with Gasteiger partial charge in [0.1, 0.15) is 11.0 Å². The van der Waals surface area contributed by atoms with Crippen LogP contribution in [-0.4, -0.2) is 149 Å². The largest absolute Gasteiger partial charge is 0.481 e. The third-order valence-corrected chi connectivity index (χ3v) is 8.60. The zero-order valence-corrected chi connectivity index (χ0v) is 27.4. The Kier molecular flexibility index (Phi) is 13.3. The average Bonchev–Trinajstić information content (AvgIpc) is 3.07. The molecule has 0 aromatic carbocycles. The lowest BCUT2D eigenvalue weighted by Crippen LogP contribution is -2.39. The molecule has 4 rings (SSSR count). The van der Waals surface area contributed by atoms with Gasteiger partial charge < -0.3 is 48.8 Å². The molecule has 2 saturated heterocycles. The molecule has 0 atom stereocenters. The van der Waals surface area contributed by atoms with E-state index in [0.717, 1.165) is 0 Å². The summed E-state index contributed by atoms with van der Waals surface area (Å²) in [7, 11) is 6.56. The van der Waals surface area contributed by atoms with Crippen molar-refractivity contribution in [1.29, 1.82) is 0 Å². The van der Waals surface area contributed by atoms with E-state index >= 15 is 0 Å². The molecule has 2 N–H and O–H groups in total. The first kappa shape index (κ1) is 35.3. The van der Waals surface area contributed by atoms with Gasteiger partial charge in [-0.25, -0.2) is 9.97 Å². The molecule has 2 aliphatic rings. The second kappa shape index (κ2) is 17.4. The van der Waals surface area contributed by atoms with Gasteiger partial charge in [-0.05, 0) is 25.7 Å². The smallest absolute Gasteiger partial charge is 0.306 e. The number of hydrogen-bond acceptors (Lipinski definition) is 14. The first-order valence-electron chi connectivity index (χ1n) is 15.8. The van der Waals surface area contributed by atoms with Crippen molar-refractivity contribution in [1.82, 2.24) is 19.9 Å². The fourth-order valence-corrected chi connectivity index (χ4v) is 5.79. The number of aromatic nitrogens is 4. The molecule has 0 spiro atoms. The average molecular weight is 649 g/mol. The summed E-state index contributed by atoms with van der Waals surface area (Å²) in [5.74, 6) is -0.281. The zero-order valence-electron chi connectivity index (χ0n) is 27.4. The summed E-state index contributed by atoms with van der Waals surface area (Å²) in [5.41, 5.74) is 1.10. The van der Waals surface area contributed by atoms with Crippen LogP contribution >= 0.6 is 0 Å². The Labute approximate surface area is 269 Å². The van der Waals surface area contributed by atoms with Gasteiger partial charge in [0.05, 0.1) is 38.3 Å². The van der Waals surface area contributed by atoms with Crippen LogP contribution in [0.5, 0.6) is 0 Å². The number of hydrogen-bond donors (Lipinski definition) is 2. The fraction of sp³-hybridized carbons (Fsp3) is 0.733. The van der Waals surface area contributed by atoms with Crippen molar-refractivity contribution in [2.45, 2.75) is 25.7 Å². The van der Waals surface area contributed by atoms with Crippen LogP contribution in [0, 0.1) is 11.8 Å². The zero-order chi connectivity index (χ0) is 33.1. The van der Waals surface area contributed by atoms with E-state index in [2.05, 4.69) is 9.80 Å². The van der Waals surface area contributed by atoms with Gasteiger partial charge in [-0.1, -0.05) is 0 Å². The summed E-state index contributed by atoms with van der Waals surface area (Å²) in [6.07, 6.45) is 1.92. The van der Waals surface area contributed by atoms with Gasteiger partial charge >= 0.3 is 11.9 Å². The second-order valence-corrected chi connectivity index (χ2v) is 11.5. The fourth-order valence-electron chi connectivity index (χ4n) is 5.79. The van der Waals surface area contributed by atoms with Gasteiger partial charge in [-0.2, -0.15) is 9.97 Å². The molecule has 2 aromatic rings. The highest BCUT2D eigenvalue weighted by atomic mass is 16.5. The number of nitrogens with zero attached hydrogens (tertiary/aromatic N) is 8. The van der Waals surface area contributed by atoms with Crippen LogP contribution in [0.4, 0.5) is 23.5 Å². The molecule has 2 fully saturated rings. The van der Waals surface area contributed by atoms with Crippen molar-refractivity contribution in [3.63, 3.8) is 0 Å². The number of carboxylic acids is 2. The summed E-state index contributed by atoms with van der Waals surface area (Å²) >= 11 is 0. The number of carboxylic acid groups (broad SMARTS) is 2. The van der Waals surface area contributed by atoms with Crippen LogP contribution in [0.1, 0.15) is 25.7 Å². The van der Waals surface area contributed by atoms with Gasteiger partial charge in [-0.15, -0.1) is 0 Å². The molecule has 46 heavy (non-hydrogen) atoms. The van der Waals surface area contributed by atoms with Gasteiger partial charge in [0, 0.05) is 80.8 Å². The van der Waals surface area contributed by atoms with Gasteiger partial charge in [-0.3, -0.25) is 9.59 Å². The van der Waals surface area contributed by atoms with Crippen LogP contribution in [0.25, 0.3) is 11.0 Å².